The highest BCUT2D eigenvalue weighted by atomic mass is 79.9. The number of hydrogen-bond acceptors (Lipinski definition) is 5. The number of phenolic OH excluding ortho intramolecular Hbond substituents is 1. The van der Waals surface area contributed by atoms with Gasteiger partial charge in [0, 0.05) is 11.4 Å². The maximum absolute atomic E-state index is 9.89. The van der Waals surface area contributed by atoms with E-state index in [2.05, 4.69) is 21.1 Å². The third kappa shape index (κ3) is 2.55. The van der Waals surface area contributed by atoms with Gasteiger partial charge in [-0.2, -0.15) is 0 Å². The Bertz CT molecular complexity index is 515. The van der Waals surface area contributed by atoms with E-state index in [0.717, 1.165) is 0 Å². The highest BCUT2D eigenvalue weighted by Crippen LogP contribution is 2.32. The van der Waals surface area contributed by atoms with Gasteiger partial charge in [-0.1, -0.05) is 27.2 Å². The molecule has 0 bridgehead atoms. The SMILES string of the molecule is Oc1ccc(C(O)C(O)CBr)cc1-c1ccno1. The summed E-state index contributed by atoms with van der Waals surface area (Å²) in [6.07, 6.45) is -0.491. The van der Waals surface area contributed by atoms with Crippen molar-refractivity contribution < 1.29 is 19.8 Å². The van der Waals surface area contributed by atoms with Crippen molar-refractivity contribution in [2.24, 2.45) is 0 Å². The zero-order valence-electron chi connectivity index (χ0n) is 9.32. The molecule has 0 aliphatic heterocycles. The van der Waals surface area contributed by atoms with Gasteiger partial charge in [-0.05, 0) is 17.7 Å². The zero-order chi connectivity index (χ0) is 13.1. The Morgan fingerprint density at radius 1 is 1.28 bits per heavy atom. The molecule has 2 rings (SSSR count). The third-order valence-corrected chi connectivity index (χ3v) is 3.25. The molecule has 2 unspecified atom stereocenters. The second-order valence-corrected chi connectivity index (χ2v) is 4.47. The standard InChI is InChI=1S/C12H12BrNO4/c13-6-10(16)12(17)7-1-2-9(15)8(5-7)11-3-4-14-18-11/h1-5,10,12,15-17H,6H2. The summed E-state index contributed by atoms with van der Waals surface area (Å²) in [5, 5.41) is 33.0. The molecule has 18 heavy (non-hydrogen) atoms. The monoisotopic (exact) mass is 313 g/mol. The van der Waals surface area contributed by atoms with Crippen LogP contribution in [0.3, 0.4) is 0 Å². The van der Waals surface area contributed by atoms with Gasteiger partial charge in [0.2, 0.25) is 0 Å². The average Bonchev–Trinajstić information content (AvgIpc) is 2.91. The first kappa shape index (κ1) is 13.1. The van der Waals surface area contributed by atoms with Gasteiger partial charge >= 0.3 is 0 Å². The van der Waals surface area contributed by atoms with Crippen LogP contribution in [0.2, 0.25) is 0 Å². The molecule has 1 aromatic carbocycles. The number of aliphatic hydroxyl groups excluding tert-OH is 2. The average molecular weight is 314 g/mol. The molecular formula is C12H12BrNO4. The van der Waals surface area contributed by atoms with E-state index in [1.54, 1.807) is 18.2 Å². The molecule has 5 nitrogen and oxygen atoms in total. The number of nitrogens with zero attached hydrogens (tertiary/aromatic N) is 1. The number of rotatable bonds is 4. The Hall–Kier alpha value is -1.37. The van der Waals surface area contributed by atoms with Crippen molar-refractivity contribution in [3.63, 3.8) is 0 Å². The summed E-state index contributed by atoms with van der Waals surface area (Å²) in [5.74, 6) is 0.422. The van der Waals surface area contributed by atoms with Gasteiger partial charge in [-0.25, -0.2) is 0 Å². The minimum absolute atomic E-state index is 0.0241. The van der Waals surface area contributed by atoms with E-state index in [9.17, 15) is 15.3 Å². The lowest BCUT2D eigenvalue weighted by Crippen LogP contribution is -2.19. The molecule has 0 aliphatic carbocycles. The molecule has 1 heterocycles. The molecule has 0 saturated carbocycles. The molecule has 6 heteroatoms. The van der Waals surface area contributed by atoms with E-state index in [4.69, 9.17) is 4.52 Å². The Kier molecular flexibility index (Phi) is 4.00. The Morgan fingerprint density at radius 2 is 2.06 bits per heavy atom. The van der Waals surface area contributed by atoms with Crippen LogP contribution < -0.4 is 0 Å². The van der Waals surface area contributed by atoms with Crippen molar-refractivity contribution in [1.29, 1.82) is 0 Å². The molecular weight excluding hydrogens is 302 g/mol. The van der Waals surface area contributed by atoms with E-state index < -0.39 is 12.2 Å². The second kappa shape index (κ2) is 5.51. The molecule has 2 aromatic rings. The third-order valence-electron chi connectivity index (χ3n) is 2.59. The second-order valence-electron chi connectivity index (χ2n) is 3.82. The van der Waals surface area contributed by atoms with Crippen LogP contribution in [0, 0.1) is 0 Å². The van der Waals surface area contributed by atoms with Crippen molar-refractivity contribution >= 4 is 15.9 Å². The van der Waals surface area contributed by atoms with Gasteiger partial charge in [0.15, 0.2) is 5.76 Å². The summed E-state index contributed by atoms with van der Waals surface area (Å²) < 4.78 is 4.96. The van der Waals surface area contributed by atoms with Crippen LogP contribution in [0.25, 0.3) is 11.3 Å². The minimum Gasteiger partial charge on any atom is -0.507 e. The van der Waals surface area contributed by atoms with Crippen LogP contribution in [0.1, 0.15) is 11.7 Å². The van der Waals surface area contributed by atoms with Crippen LogP contribution in [0.5, 0.6) is 5.75 Å². The highest BCUT2D eigenvalue weighted by molar-refractivity contribution is 9.09. The van der Waals surface area contributed by atoms with E-state index in [1.807, 2.05) is 0 Å². The van der Waals surface area contributed by atoms with Crippen molar-refractivity contribution in [1.82, 2.24) is 5.16 Å². The Morgan fingerprint density at radius 3 is 2.67 bits per heavy atom. The summed E-state index contributed by atoms with van der Waals surface area (Å²) in [7, 11) is 0. The fourth-order valence-electron chi connectivity index (χ4n) is 1.60. The maximum atomic E-state index is 9.89. The lowest BCUT2D eigenvalue weighted by molar-refractivity contribution is 0.0343. The summed E-state index contributed by atoms with van der Waals surface area (Å²) in [4.78, 5) is 0. The maximum Gasteiger partial charge on any atom is 0.170 e. The van der Waals surface area contributed by atoms with Crippen LogP contribution in [-0.2, 0) is 0 Å². The van der Waals surface area contributed by atoms with Gasteiger partial charge in [-0.15, -0.1) is 0 Å². The molecule has 0 radical (unpaired) electrons. The topological polar surface area (TPSA) is 86.7 Å². The molecule has 2 atom stereocenters. The predicted octanol–water partition coefficient (Wildman–Crippen LogP) is 1.84. The first-order valence-electron chi connectivity index (χ1n) is 5.29. The van der Waals surface area contributed by atoms with Crippen LogP contribution >= 0.6 is 15.9 Å². The lowest BCUT2D eigenvalue weighted by atomic mass is 10.0. The Labute approximate surface area is 112 Å². The van der Waals surface area contributed by atoms with Crippen molar-refractivity contribution in [2.45, 2.75) is 12.2 Å². The van der Waals surface area contributed by atoms with Crippen molar-refractivity contribution in [2.75, 3.05) is 5.33 Å². The summed E-state index contributed by atoms with van der Waals surface area (Å²) >= 11 is 3.10. The first-order chi connectivity index (χ1) is 8.63. The number of phenols is 1. The predicted molar refractivity (Wildman–Crippen MR) is 68.4 cm³/mol. The molecule has 0 spiro atoms. The summed E-state index contributed by atoms with van der Waals surface area (Å²) in [5.41, 5.74) is 0.914. The van der Waals surface area contributed by atoms with Crippen LogP contribution in [-0.4, -0.2) is 31.9 Å². The zero-order valence-corrected chi connectivity index (χ0v) is 10.9. The smallest absolute Gasteiger partial charge is 0.170 e. The van der Waals surface area contributed by atoms with E-state index in [0.29, 0.717) is 16.9 Å². The first-order valence-corrected chi connectivity index (χ1v) is 6.41. The molecule has 3 N–H and O–H groups in total. The van der Waals surface area contributed by atoms with Crippen LogP contribution in [0.15, 0.2) is 35.0 Å². The molecule has 0 fully saturated rings. The lowest BCUT2D eigenvalue weighted by Gasteiger charge is -2.16. The van der Waals surface area contributed by atoms with Crippen molar-refractivity contribution in [3.8, 4) is 17.1 Å². The summed E-state index contributed by atoms with van der Waals surface area (Å²) in [6, 6.07) is 6.15. The fourth-order valence-corrected chi connectivity index (χ4v) is 1.95. The van der Waals surface area contributed by atoms with Gasteiger partial charge in [-0.3, -0.25) is 0 Å². The van der Waals surface area contributed by atoms with Gasteiger partial charge in [0.05, 0.1) is 17.9 Å². The number of aromatic hydroxyl groups is 1. The molecule has 0 saturated heterocycles. The number of aromatic nitrogens is 1. The van der Waals surface area contributed by atoms with Crippen LogP contribution in [0.4, 0.5) is 0 Å². The molecule has 1 aromatic heterocycles. The van der Waals surface area contributed by atoms with E-state index in [-0.39, 0.29) is 11.1 Å². The van der Waals surface area contributed by atoms with Gasteiger partial charge in [0.1, 0.15) is 11.9 Å². The van der Waals surface area contributed by atoms with Crippen molar-refractivity contribution in [3.05, 3.63) is 36.0 Å². The quantitative estimate of drug-likeness (QED) is 0.750. The highest BCUT2D eigenvalue weighted by Gasteiger charge is 2.19. The van der Waals surface area contributed by atoms with E-state index >= 15 is 0 Å². The van der Waals surface area contributed by atoms with Gasteiger partial charge in [0.25, 0.3) is 0 Å². The van der Waals surface area contributed by atoms with Gasteiger partial charge < -0.3 is 19.8 Å². The number of hydrogen-bond donors (Lipinski definition) is 3. The number of halogens is 1. The largest absolute Gasteiger partial charge is 0.507 e. The van der Waals surface area contributed by atoms with E-state index in [1.165, 1.54) is 12.3 Å². The number of benzene rings is 1. The molecule has 0 amide bonds. The number of alkyl halides is 1. The molecule has 0 aliphatic rings. The summed E-state index contributed by atoms with van der Waals surface area (Å²) in [6.45, 7) is 0. The normalized spacial score (nSPS) is 14.4. The molecule has 96 valence electrons. The number of aliphatic hydroxyl groups is 2. The fraction of sp³-hybridized carbons (Fsp3) is 0.250. The minimum atomic E-state index is -1.04. The Balaban J connectivity index is 2.38.